The van der Waals surface area contributed by atoms with Crippen molar-refractivity contribution in [2.45, 2.75) is 19.3 Å². The number of aromatic nitrogens is 1. The van der Waals surface area contributed by atoms with E-state index >= 15 is 0 Å². The number of carbonyl (C=O) groups is 1. The van der Waals surface area contributed by atoms with E-state index in [4.69, 9.17) is 9.84 Å². The van der Waals surface area contributed by atoms with E-state index < -0.39 is 5.97 Å². The average molecular weight is 295 g/mol. The Bertz CT molecular complexity index is 568. The van der Waals surface area contributed by atoms with Gasteiger partial charge in [-0.15, -0.1) is 11.3 Å². The molecular weight excluding hydrogens is 281 g/mol. The monoisotopic (exact) mass is 295 g/mol. The minimum absolute atomic E-state index is 0.0391. The van der Waals surface area contributed by atoms with Crippen LogP contribution in [-0.2, 0) is 17.6 Å². The minimum atomic E-state index is -0.874. The van der Waals surface area contributed by atoms with Gasteiger partial charge in [0, 0.05) is 11.8 Å². The number of nitrogens with zero attached hydrogens (tertiary/aromatic N) is 1. The maximum absolute atomic E-state index is 12.7. The molecule has 0 atom stereocenters. The quantitative estimate of drug-likeness (QED) is 0.798. The molecule has 0 spiro atoms. The molecule has 0 amide bonds. The van der Waals surface area contributed by atoms with Gasteiger partial charge in [0.25, 0.3) is 0 Å². The summed E-state index contributed by atoms with van der Waals surface area (Å²) >= 11 is 1.46. The minimum Gasteiger partial charge on any atom is -0.494 e. The molecule has 106 valence electrons. The van der Waals surface area contributed by atoms with Gasteiger partial charge in [-0.1, -0.05) is 0 Å². The zero-order valence-corrected chi connectivity index (χ0v) is 11.5. The van der Waals surface area contributed by atoms with E-state index in [1.54, 1.807) is 17.5 Å². The predicted molar refractivity (Wildman–Crippen MR) is 73.7 cm³/mol. The number of carboxylic acid groups (broad SMARTS) is 1. The maximum Gasteiger partial charge on any atom is 0.309 e. The zero-order valence-electron chi connectivity index (χ0n) is 10.7. The molecule has 0 saturated carbocycles. The lowest BCUT2D eigenvalue weighted by Gasteiger charge is -2.04. The maximum atomic E-state index is 12.7. The second-order valence-electron chi connectivity index (χ2n) is 4.21. The van der Waals surface area contributed by atoms with Crippen LogP contribution in [0.15, 0.2) is 29.6 Å². The molecule has 0 fully saturated rings. The molecule has 0 saturated heterocycles. The molecule has 0 bridgehead atoms. The first-order valence-electron chi connectivity index (χ1n) is 6.17. The number of ether oxygens (including phenoxy) is 1. The summed E-state index contributed by atoms with van der Waals surface area (Å²) in [4.78, 5) is 14.8. The topological polar surface area (TPSA) is 59.4 Å². The molecule has 20 heavy (non-hydrogen) atoms. The Morgan fingerprint density at radius 3 is 2.80 bits per heavy atom. The van der Waals surface area contributed by atoms with Crippen molar-refractivity contribution in [1.82, 2.24) is 4.98 Å². The van der Waals surface area contributed by atoms with Gasteiger partial charge in [-0.25, -0.2) is 9.37 Å². The third-order valence-corrected chi connectivity index (χ3v) is 3.51. The van der Waals surface area contributed by atoms with E-state index in [2.05, 4.69) is 4.98 Å². The van der Waals surface area contributed by atoms with Gasteiger partial charge in [0.1, 0.15) is 11.6 Å². The molecule has 0 aliphatic heterocycles. The lowest BCUT2D eigenvalue weighted by molar-refractivity contribution is -0.136. The number of hydrogen-bond donors (Lipinski definition) is 1. The number of aliphatic carboxylic acids is 1. The fraction of sp³-hybridized carbons (Fsp3) is 0.286. The molecular formula is C14H14FNO3S. The molecule has 1 aromatic heterocycles. The molecule has 4 nitrogen and oxygen atoms in total. The molecule has 1 aromatic carbocycles. The number of hydrogen-bond acceptors (Lipinski definition) is 4. The van der Waals surface area contributed by atoms with Crippen LogP contribution < -0.4 is 4.74 Å². The Kier molecular flexibility index (Phi) is 5.06. The molecule has 0 aliphatic rings. The number of halogens is 1. The van der Waals surface area contributed by atoms with Crippen molar-refractivity contribution in [3.8, 4) is 5.75 Å². The Hall–Kier alpha value is -1.95. The molecule has 0 aliphatic carbocycles. The van der Waals surface area contributed by atoms with Crippen molar-refractivity contribution >= 4 is 17.3 Å². The van der Waals surface area contributed by atoms with Gasteiger partial charge in [-0.3, -0.25) is 4.79 Å². The SMILES string of the molecule is O=C(O)Cc1csc(CCCOc2ccc(F)cc2)n1. The Labute approximate surface area is 119 Å². The highest BCUT2D eigenvalue weighted by atomic mass is 32.1. The predicted octanol–water partition coefficient (Wildman–Crippen LogP) is 2.92. The molecule has 2 aromatic rings. The summed E-state index contributed by atoms with van der Waals surface area (Å²) in [6.45, 7) is 0.513. The van der Waals surface area contributed by atoms with Crippen LogP contribution in [0.25, 0.3) is 0 Å². The number of thiazole rings is 1. The Morgan fingerprint density at radius 1 is 1.35 bits per heavy atom. The van der Waals surface area contributed by atoms with Crippen LogP contribution in [-0.4, -0.2) is 22.7 Å². The summed E-state index contributed by atoms with van der Waals surface area (Å²) in [6, 6.07) is 5.88. The summed E-state index contributed by atoms with van der Waals surface area (Å²) in [7, 11) is 0. The largest absolute Gasteiger partial charge is 0.494 e. The second-order valence-corrected chi connectivity index (χ2v) is 5.15. The lowest BCUT2D eigenvalue weighted by atomic mass is 10.3. The van der Waals surface area contributed by atoms with Crippen LogP contribution in [0.3, 0.4) is 0 Å². The number of benzene rings is 1. The Balaban J connectivity index is 1.71. The highest BCUT2D eigenvalue weighted by molar-refractivity contribution is 7.09. The van der Waals surface area contributed by atoms with Gasteiger partial charge in [0.15, 0.2) is 0 Å². The highest BCUT2D eigenvalue weighted by Gasteiger charge is 2.06. The van der Waals surface area contributed by atoms with Gasteiger partial charge >= 0.3 is 5.97 Å². The highest BCUT2D eigenvalue weighted by Crippen LogP contribution is 2.14. The van der Waals surface area contributed by atoms with E-state index in [0.29, 0.717) is 18.1 Å². The number of rotatable bonds is 7. The summed E-state index contributed by atoms with van der Waals surface area (Å²) in [5, 5.41) is 11.3. The fourth-order valence-electron chi connectivity index (χ4n) is 1.64. The van der Waals surface area contributed by atoms with Crippen LogP contribution in [0.1, 0.15) is 17.1 Å². The van der Waals surface area contributed by atoms with Crippen LogP contribution in [0, 0.1) is 5.82 Å². The molecule has 6 heteroatoms. The van der Waals surface area contributed by atoms with E-state index in [1.165, 1.54) is 23.5 Å². The molecule has 0 unspecified atom stereocenters. The van der Waals surface area contributed by atoms with Gasteiger partial charge < -0.3 is 9.84 Å². The van der Waals surface area contributed by atoms with Crippen molar-refractivity contribution < 1.29 is 19.0 Å². The van der Waals surface area contributed by atoms with Gasteiger partial charge in [-0.05, 0) is 30.7 Å². The normalized spacial score (nSPS) is 10.4. The standard InChI is InChI=1S/C14H14FNO3S/c15-10-3-5-12(6-4-10)19-7-1-2-13-16-11(9-20-13)8-14(17)18/h3-6,9H,1-2,7-8H2,(H,17,18). The van der Waals surface area contributed by atoms with E-state index in [1.807, 2.05) is 0 Å². The summed E-state index contributed by atoms with van der Waals surface area (Å²) in [5.74, 6) is -0.523. The number of carboxylic acids is 1. The average Bonchev–Trinajstić information content (AvgIpc) is 2.83. The molecule has 0 radical (unpaired) electrons. The smallest absolute Gasteiger partial charge is 0.309 e. The second kappa shape index (κ2) is 7.00. The molecule has 1 heterocycles. The summed E-state index contributed by atoms with van der Waals surface area (Å²) in [6.07, 6.45) is 1.48. The Morgan fingerprint density at radius 2 is 2.10 bits per heavy atom. The fourth-order valence-corrected chi connectivity index (χ4v) is 2.48. The van der Waals surface area contributed by atoms with E-state index in [9.17, 15) is 9.18 Å². The van der Waals surface area contributed by atoms with Gasteiger partial charge in [0.05, 0.1) is 23.7 Å². The third-order valence-electron chi connectivity index (χ3n) is 2.55. The van der Waals surface area contributed by atoms with Crippen molar-refractivity contribution in [1.29, 1.82) is 0 Å². The number of aryl methyl sites for hydroxylation is 1. The third kappa shape index (κ3) is 4.62. The first-order valence-corrected chi connectivity index (χ1v) is 7.05. The van der Waals surface area contributed by atoms with Crippen molar-refractivity contribution in [2.75, 3.05) is 6.61 Å². The van der Waals surface area contributed by atoms with Crippen LogP contribution in [0.4, 0.5) is 4.39 Å². The van der Waals surface area contributed by atoms with E-state index in [-0.39, 0.29) is 12.2 Å². The summed E-state index contributed by atoms with van der Waals surface area (Å²) in [5.41, 5.74) is 0.594. The molecule has 1 N–H and O–H groups in total. The van der Waals surface area contributed by atoms with Crippen molar-refractivity contribution in [2.24, 2.45) is 0 Å². The lowest BCUT2D eigenvalue weighted by Crippen LogP contribution is -2.01. The van der Waals surface area contributed by atoms with Gasteiger partial charge in [0.2, 0.25) is 0 Å². The zero-order chi connectivity index (χ0) is 14.4. The van der Waals surface area contributed by atoms with Crippen LogP contribution >= 0.6 is 11.3 Å². The van der Waals surface area contributed by atoms with Crippen LogP contribution in [0.5, 0.6) is 5.75 Å². The van der Waals surface area contributed by atoms with E-state index in [0.717, 1.165) is 17.8 Å². The summed E-state index contributed by atoms with van der Waals surface area (Å²) < 4.78 is 18.2. The van der Waals surface area contributed by atoms with Crippen molar-refractivity contribution in [3.05, 3.63) is 46.2 Å². The van der Waals surface area contributed by atoms with Crippen molar-refractivity contribution in [3.63, 3.8) is 0 Å². The first-order chi connectivity index (χ1) is 9.63. The van der Waals surface area contributed by atoms with Crippen LogP contribution in [0.2, 0.25) is 0 Å². The first kappa shape index (κ1) is 14.5. The van der Waals surface area contributed by atoms with Gasteiger partial charge in [-0.2, -0.15) is 0 Å². The molecule has 2 rings (SSSR count).